The average Bonchev–Trinajstić information content (AvgIpc) is 2.56. The first kappa shape index (κ1) is 16.4. The highest BCUT2D eigenvalue weighted by Gasteiger charge is 2.44. The van der Waals surface area contributed by atoms with Gasteiger partial charge in [-0.1, -0.05) is 18.2 Å². The molecule has 6 nitrogen and oxygen atoms in total. The summed E-state index contributed by atoms with van der Waals surface area (Å²) in [5, 5.41) is 0. The first-order chi connectivity index (χ1) is 10.9. The molecule has 1 amide bonds. The standard InChI is InChI=1S/C16H22N2O4S/c1-14(19)17-10-11-22-16(12-17)8-5-9-18(13-16)23(20,21)15-6-3-2-4-7-15/h2-4,6-7H,5,8-13H2,1H3/t16-/m0/s1. The molecule has 23 heavy (non-hydrogen) atoms. The molecule has 1 aromatic rings. The van der Waals surface area contributed by atoms with Crippen LogP contribution in [0.4, 0.5) is 0 Å². The van der Waals surface area contributed by atoms with Crippen molar-refractivity contribution in [2.45, 2.75) is 30.3 Å². The van der Waals surface area contributed by atoms with Crippen LogP contribution in [0.3, 0.4) is 0 Å². The molecule has 126 valence electrons. The molecule has 0 unspecified atom stereocenters. The number of benzene rings is 1. The van der Waals surface area contributed by atoms with Crippen molar-refractivity contribution in [2.75, 3.05) is 32.8 Å². The Morgan fingerprint density at radius 1 is 1.17 bits per heavy atom. The Morgan fingerprint density at radius 3 is 2.61 bits per heavy atom. The van der Waals surface area contributed by atoms with Gasteiger partial charge in [0.2, 0.25) is 15.9 Å². The number of hydrogen-bond acceptors (Lipinski definition) is 4. The molecule has 1 spiro atoms. The number of sulfonamides is 1. The van der Waals surface area contributed by atoms with Gasteiger partial charge in [0.05, 0.1) is 23.6 Å². The van der Waals surface area contributed by atoms with E-state index < -0.39 is 15.6 Å². The van der Waals surface area contributed by atoms with Crippen molar-refractivity contribution in [3.05, 3.63) is 30.3 Å². The van der Waals surface area contributed by atoms with Crippen molar-refractivity contribution in [3.8, 4) is 0 Å². The second-order valence-electron chi connectivity index (χ2n) is 6.23. The second-order valence-corrected chi connectivity index (χ2v) is 8.17. The van der Waals surface area contributed by atoms with Gasteiger partial charge >= 0.3 is 0 Å². The number of piperidine rings is 1. The highest BCUT2D eigenvalue weighted by molar-refractivity contribution is 7.89. The van der Waals surface area contributed by atoms with E-state index in [0.29, 0.717) is 37.7 Å². The van der Waals surface area contributed by atoms with Crippen molar-refractivity contribution in [2.24, 2.45) is 0 Å². The Labute approximate surface area is 137 Å². The molecule has 2 heterocycles. The van der Waals surface area contributed by atoms with Crippen LogP contribution in [-0.2, 0) is 19.6 Å². The largest absolute Gasteiger partial charge is 0.370 e. The molecule has 0 aromatic heterocycles. The molecule has 2 saturated heterocycles. The fourth-order valence-electron chi connectivity index (χ4n) is 3.36. The molecule has 2 aliphatic heterocycles. The van der Waals surface area contributed by atoms with Crippen molar-refractivity contribution in [1.29, 1.82) is 0 Å². The summed E-state index contributed by atoms with van der Waals surface area (Å²) in [4.78, 5) is 13.7. The lowest BCUT2D eigenvalue weighted by Crippen LogP contribution is -2.61. The highest BCUT2D eigenvalue weighted by Crippen LogP contribution is 2.31. The fraction of sp³-hybridized carbons (Fsp3) is 0.562. The van der Waals surface area contributed by atoms with Crippen LogP contribution in [-0.4, -0.2) is 61.9 Å². The van der Waals surface area contributed by atoms with Crippen LogP contribution in [0.25, 0.3) is 0 Å². The summed E-state index contributed by atoms with van der Waals surface area (Å²) in [5.74, 6) is 0.00992. The molecular formula is C16H22N2O4S. The van der Waals surface area contributed by atoms with Crippen LogP contribution < -0.4 is 0 Å². The third kappa shape index (κ3) is 3.27. The van der Waals surface area contributed by atoms with Gasteiger partial charge in [-0.3, -0.25) is 4.79 Å². The van der Waals surface area contributed by atoms with Gasteiger partial charge in [-0.25, -0.2) is 8.42 Å². The van der Waals surface area contributed by atoms with E-state index in [1.54, 1.807) is 42.2 Å². The maximum atomic E-state index is 12.8. The van der Waals surface area contributed by atoms with Gasteiger partial charge in [-0.2, -0.15) is 4.31 Å². The first-order valence-electron chi connectivity index (χ1n) is 7.88. The molecular weight excluding hydrogens is 316 g/mol. The fourth-order valence-corrected chi connectivity index (χ4v) is 4.94. The highest BCUT2D eigenvalue weighted by atomic mass is 32.2. The molecule has 1 aromatic carbocycles. The summed E-state index contributed by atoms with van der Waals surface area (Å²) in [6, 6.07) is 8.47. The zero-order valence-electron chi connectivity index (χ0n) is 13.3. The van der Waals surface area contributed by atoms with Crippen LogP contribution in [0.15, 0.2) is 35.2 Å². The van der Waals surface area contributed by atoms with E-state index in [-0.39, 0.29) is 5.91 Å². The second kappa shape index (κ2) is 6.22. The molecule has 0 aliphatic carbocycles. The number of ether oxygens (including phenoxy) is 1. The number of amides is 1. The zero-order valence-corrected chi connectivity index (χ0v) is 14.1. The lowest BCUT2D eigenvalue weighted by molar-refractivity contribution is -0.155. The van der Waals surface area contributed by atoms with Gasteiger partial charge in [0, 0.05) is 26.6 Å². The van der Waals surface area contributed by atoms with Gasteiger partial charge in [0.25, 0.3) is 0 Å². The van der Waals surface area contributed by atoms with Crippen LogP contribution in [0.2, 0.25) is 0 Å². The molecule has 1 atom stereocenters. The van der Waals surface area contributed by atoms with Crippen LogP contribution in [0.5, 0.6) is 0 Å². The predicted octanol–water partition coefficient (Wildman–Crippen LogP) is 1.09. The monoisotopic (exact) mass is 338 g/mol. The summed E-state index contributed by atoms with van der Waals surface area (Å²) in [7, 11) is -3.53. The molecule has 2 aliphatic rings. The molecule has 0 radical (unpaired) electrons. The Hall–Kier alpha value is -1.44. The number of rotatable bonds is 2. The van der Waals surface area contributed by atoms with E-state index in [4.69, 9.17) is 4.74 Å². The van der Waals surface area contributed by atoms with E-state index in [0.717, 1.165) is 12.8 Å². The minimum atomic E-state index is -3.53. The van der Waals surface area contributed by atoms with Crippen LogP contribution >= 0.6 is 0 Å². The maximum Gasteiger partial charge on any atom is 0.243 e. The molecule has 0 saturated carbocycles. The van der Waals surface area contributed by atoms with E-state index in [2.05, 4.69) is 0 Å². The van der Waals surface area contributed by atoms with Crippen LogP contribution in [0, 0.1) is 0 Å². The average molecular weight is 338 g/mol. The van der Waals surface area contributed by atoms with Crippen LogP contribution in [0.1, 0.15) is 19.8 Å². The third-order valence-electron chi connectivity index (χ3n) is 4.58. The maximum absolute atomic E-state index is 12.8. The summed E-state index contributed by atoms with van der Waals surface area (Å²) in [6.07, 6.45) is 1.51. The molecule has 3 rings (SSSR count). The van der Waals surface area contributed by atoms with Crippen molar-refractivity contribution >= 4 is 15.9 Å². The van der Waals surface area contributed by atoms with Gasteiger partial charge in [0.1, 0.15) is 0 Å². The summed E-state index contributed by atoms with van der Waals surface area (Å²) < 4.78 is 33.1. The molecule has 7 heteroatoms. The number of morpholine rings is 1. The quantitative estimate of drug-likeness (QED) is 0.810. The molecule has 0 N–H and O–H groups in total. The number of carbonyl (C=O) groups excluding carboxylic acids is 1. The van der Waals surface area contributed by atoms with Gasteiger partial charge < -0.3 is 9.64 Å². The van der Waals surface area contributed by atoms with Crippen molar-refractivity contribution in [1.82, 2.24) is 9.21 Å². The molecule has 2 fully saturated rings. The van der Waals surface area contributed by atoms with Crippen molar-refractivity contribution < 1.29 is 17.9 Å². The van der Waals surface area contributed by atoms with E-state index in [1.165, 1.54) is 4.31 Å². The Bertz CT molecular complexity index is 673. The van der Waals surface area contributed by atoms with Gasteiger partial charge in [-0.15, -0.1) is 0 Å². The number of carbonyl (C=O) groups is 1. The van der Waals surface area contributed by atoms with E-state index in [9.17, 15) is 13.2 Å². The van der Waals surface area contributed by atoms with E-state index in [1.807, 2.05) is 0 Å². The summed E-state index contributed by atoms with van der Waals surface area (Å²) in [5.41, 5.74) is -0.579. The number of hydrogen-bond donors (Lipinski definition) is 0. The third-order valence-corrected chi connectivity index (χ3v) is 6.44. The van der Waals surface area contributed by atoms with Gasteiger partial charge in [0.15, 0.2) is 0 Å². The molecule has 0 bridgehead atoms. The normalized spacial score (nSPS) is 26.4. The topological polar surface area (TPSA) is 66.9 Å². The Balaban J connectivity index is 1.82. The minimum Gasteiger partial charge on any atom is -0.370 e. The smallest absolute Gasteiger partial charge is 0.243 e. The predicted molar refractivity (Wildman–Crippen MR) is 85.4 cm³/mol. The van der Waals surface area contributed by atoms with Gasteiger partial charge in [-0.05, 0) is 25.0 Å². The zero-order chi connectivity index (χ0) is 16.5. The van der Waals surface area contributed by atoms with Crippen molar-refractivity contribution in [3.63, 3.8) is 0 Å². The lowest BCUT2D eigenvalue weighted by Gasteiger charge is -2.47. The summed E-state index contributed by atoms with van der Waals surface area (Å²) >= 11 is 0. The minimum absolute atomic E-state index is 0.00992. The Morgan fingerprint density at radius 2 is 1.91 bits per heavy atom. The summed E-state index contributed by atoms with van der Waals surface area (Å²) in [6.45, 7) is 3.82. The first-order valence-corrected chi connectivity index (χ1v) is 9.32. The lowest BCUT2D eigenvalue weighted by atomic mass is 9.92. The van der Waals surface area contributed by atoms with E-state index >= 15 is 0 Å². The SMILES string of the molecule is CC(=O)N1CCO[C@@]2(CCCN(S(=O)(=O)c3ccccc3)C2)C1. The Kier molecular flexibility index (Phi) is 4.44. The number of nitrogens with zero attached hydrogens (tertiary/aromatic N) is 2.